The van der Waals surface area contributed by atoms with E-state index in [-0.39, 0.29) is 45.7 Å². The molecule has 2 aliphatic rings. The first-order chi connectivity index (χ1) is 22.3. The lowest BCUT2D eigenvalue weighted by molar-refractivity contribution is -0.135. The van der Waals surface area contributed by atoms with E-state index in [1.165, 1.54) is 47.4 Å². The molecule has 2 heterocycles. The lowest BCUT2D eigenvalue weighted by Gasteiger charge is -2.42. The van der Waals surface area contributed by atoms with Crippen LogP contribution in [-0.4, -0.2) is 67.0 Å². The number of carbonyl (C=O) groups excluding carboxylic acids is 3. The normalized spacial score (nSPS) is 20.9. The zero-order valence-corrected chi connectivity index (χ0v) is 26.9. The number of hydrogen-bond donors (Lipinski definition) is 3. The van der Waals surface area contributed by atoms with Crippen LogP contribution < -0.4 is 16.0 Å². The fourth-order valence-corrected chi connectivity index (χ4v) is 8.85. The van der Waals surface area contributed by atoms with Crippen molar-refractivity contribution in [2.75, 3.05) is 23.3 Å². The molecule has 3 atom stereocenters. The van der Waals surface area contributed by atoms with Crippen LogP contribution in [0.2, 0.25) is 0 Å². The van der Waals surface area contributed by atoms with Gasteiger partial charge in [-0.15, -0.1) is 0 Å². The smallest absolute Gasteiger partial charge is 0.337 e. The van der Waals surface area contributed by atoms with Crippen LogP contribution in [0.3, 0.4) is 0 Å². The molecule has 2 saturated heterocycles. The largest absolute Gasteiger partial charge is 0.478 e. The number of likely N-dealkylation sites (tertiary alicyclic amines) is 1. The highest BCUT2D eigenvalue weighted by Gasteiger charge is 2.54. The number of halogens is 1. The quantitative estimate of drug-likeness (QED) is 0.280. The van der Waals surface area contributed by atoms with E-state index in [1.807, 2.05) is 13.8 Å². The molecule has 0 aliphatic carbocycles. The minimum absolute atomic E-state index is 0.0536. The Morgan fingerprint density at radius 1 is 1.06 bits per heavy atom. The Labute approximate surface area is 272 Å². The average Bonchev–Trinajstić information content (AvgIpc) is 3.42. The summed E-state index contributed by atoms with van der Waals surface area (Å²) >= 11 is 0. The molecule has 0 radical (unpaired) electrons. The number of hydrogen-bond acceptors (Lipinski definition) is 7. The standard InChI is InChI=1S/C34H37FN4O7S/c1-34(2)16-8-17-38(20-34)31(41)26-19-27(47(45,46)22-9-4-3-5-10-22)29(23-11-6-7-12-25(23)35)39(26)30-24(32(42)43)14-13-21(15-18-40)28(30)37-33(36)44/h3-7,9-14,18,26-27,29H,8,15-17,19-20H2,1-2H3,(H,42,43)(H3,36,37,44). The highest BCUT2D eigenvalue weighted by Crippen LogP contribution is 2.50. The summed E-state index contributed by atoms with van der Waals surface area (Å²) in [5, 5.41) is 11.4. The predicted molar refractivity (Wildman–Crippen MR) is 173 cm³/mol. The molecular formula is C34H37FN4O7S. The van der Waals surface area contributed by atoms with Crippen LogP contribution in [0.25, 0.3) is 0 Å². The Hall–Kier alpha value is -4.78. The average molecular weight is 665 g/mol. The van der Waals surface area contributed by atoms with E-state index >= 15 is 4.39 Å². The first-order valence-corrected chi connectivity index (χ1v) is 16.8. The number of urea groups is 1. The van der Waals surface area contributed by atoms with Crippen molar-refractivity contribution < 1.29 is 37.1 Å². The second-order valence-corrected chi connectivity index (χ2v) is 14.9. The topological polar surface area (TPSA) is 167 Å². The van der Waals surface area contributed by atoms with Crippen LogP contribution in [0.4, 0.5) is 20.6 Å². The van der Waals surface area contributed by atoms with Crippen LogP contribution in [0, 0.1) is 11.2 Å². The molecule has 0 bridgehead atoms. The molecule has 248 valence electrons. The third-order valence-corrected chi connectivity index (χ3v) is 11.1. The second kappa shape index (κ2) is 13.1. The SMILES string of the molecule is CC1(C)CCCN(C(=O)C2CC(S(=O)(=O)c3ccccc3)C(c3ccccc3F)N2c2c(C(=O)O)ccc(CC=O)c2NC(N)=O)C1. The Balaban J connectivity index is 1.85. The van der Waals surface area contributed by atoms with E-state index in [2.05, 4.69) is 5.32 Å². The van der Waals surface area contributed by atoms with E-state index in [1.54, 1.807) is 23.1 Å². The number of aldehydes is 1. The molecule has 0 spiro atoms. The second-order valence-electron chi connectivity index (χ2n) is 12.7. The van der Waals surface area contributed by atoms with Gasteiger partial charge in [-0.2, -0.15) is 0 Å². The fourth-order valence-electron chi connectivity index (χ4n) is 6.92. The summed E-state index contributed by atoms with van der Waals surface area (Å²) in [4.78, 5) is 54.4. The van der Waals surface area contributed by atoms with Crippen LogP contribution >= 0.6 is 0 Å². The van der Waals surface area contributed by atoms with Gasteiger partial charge >= 0.3 is 12.0 Å². The van der Waals surface area contributed by atoms with Gasteiger partial charge in [0, 0.05) is 25.1 Å². The van der Waals surface area contributed by atoms with Gasteiger partial charge in [0.15, 0.2) is 9.84 Å². The van der Waals surface area contributed by atoms with Gasteiger partial charge in [-0.1, -0.05) is 56.3 Å². The minimum atomic E-state index is -4.30. The third-order valence-electron chi connectivity index (χ3n) is 8.94. The molecule has 2 aliphatic heterocycles. The number of primary amides is 1. The van der Waals surface area contributed by atoms with Crippen molar-refractivity contribution in [3.05, 3.63) is 89.2 Å². The van der Waals surface area contributed by atoms with Crippen molar-refractivity contribution in [1.82, 2.24) is 4.90 Å². The molecule has 0 saturated carbocycles. The summed E-state index contributed by atoms with van der Waals surface area (Å²) < 4.78 is 44.8. The molecule has 47 heavy (non-hydrogen) atoms. The number of aromatic carboxylic acids is 1. The summed E-state index contributed by atoms with van der Waals surface area (Å²) in [5.74, 6) is -2.70. The molecule has 4 N–H and O–H groups in total. The van der Waals surface area contributed by atoms with Crippen LogP contribution in [0.5, 0.6) is 0 Å². The number of nitrogens with two attached hydrogens (primary N) is 1. The number of nitrogens with zero attached hydrogens (tertiary/aromatic N) is 2. The Kier molecular flexibility index (Phi) is 9.39. The number of anilines is 2. The highest BCUT2D eigenvalue weighted by atomic mass is 32.2. The number of benzene rings is 3. The van der Waals surface area contributed by atoms with Gasteiger partial charge in [0.1, 0.15) is 18.1 Å². The van der Waals surface area contributed by atoms with Crippen molar-refractivity contribution in [2.45, 2.75) is 61.8 Å². The van der Waals surface area contributed by atoms with Gasteiger partial charge in [0.2, 0.25) is 5.91 Å². The summed E-state index contributed by atoms with van der Waals surface area (Å²) in [7, 11) is -4.30. The Bertz CT molecular complexity index is 1820. The number of carboxylic acids is 1. The molecule has 0 aromatic heterocycles. The van der Waals surface area contributed by atoms with Gasteiger partial charge in [-0.05, 0) is 54.5 Å². The fraction of sp³-hybridized carbons (Fsp3) is 0.353. The lowest BCUT2D eigenvalue weighted by atomic mass is 9.84. The molecule has 3 unspecified atom stereocenters. The van der Waals surface area contributed by atoms with Crippen LogP contribution in [0.15, 0.2) is 71.6 Å². The number of carboxylic acid groups (broad SMARTS) is 1. The maximum absolute atomic E-state index is 15.9. The van der Waals surface area contributed by atoms with Gasteiger partial charge in [-0.25, -0.2) is 22.4 Å². The molecule has 3 aromatic carbocycles. The van der Waals surface area contributed by atoms with Crippen molar-refractivity contribution in [1.29, 1.82) is 0 Å². The molecule has 3 amide bonds. The van der Waals surface area contributed by atoms with Crippen LogP contribution in [-0.2, 0) is 25.8 Å². The highest BCUT2D eigenvalue weighted by molar-refractivity contribution is 7.92. The van der Waals surface area contributed by atoms with E-state index in [4.69, 9.17) is 5.73 Å². The van der Waals surface area contributed by atoms with E-state index < -0.39 is 56.5 Å². The molecule has 13 heteroatoms. The zero-order chi connectivity index (χ0) is 34.1. The third kappa shape index (κ3) is 6.57. The number of nitrogens with one attached hydrogen (secondary N) is 1. The van der Waals surface area contributed by atoms with E-state index in [0.29, 0.717) is 25.8 Å². The summed E-state index contributed by atoms with van der Waals surface area (Å²) in [5.41, 5.74) is 4.54. The van der Waals surface area contributed by atoms with E-state index in [9.17, 15) is 32.7 Å². The lowest BCUT2D eigenvalue weighted by Crippen LogP contribution is -2.51. The molecule has 2 fully saturated rings. The zero-order valence-electron chi connectivity index (χ0n) is 26.1. The summed E-state index contributed by atoms with van der Waals surface area (Å²) in [6.07, 6.45) is 1.50. The Morgan fingerprint density at radius 3 is 2.36 bits per heavy atom. The number of carbonyl (C=O) groups is 4. The summed E-state index contributed by atoms with van der Waals surface area (Å²) in [6.45, 7) is 4.78. The van der Waals surface area contributed by atoms with Crippen molar-refractivity contribution >= 4 is 45.4 Å². The molecule has 3 aromatic rings. The first-order valence-electron chi connectivity index (χ1n) is 15.3. The number of amides is 3. The van der Waals surface area contributed by atoms with Crippen molar-refractivity contribution in [3.63, 3.8) is 0 Å². The first kappa shape index (κ1) is 33.6. The van der Waals surface area contributed by atoms with Gasteiger partial charge in [-0.3, -0.25) is 4.79 Å². The predicted octanol–water partition coefficient (Wildman–Crippen LogP) is 4.57. The monoisotopic (exact) mass is 664 g/mol. The van der Waals surface area contributed by atoms with Gasteiger partial charge in [0.05, 0.1) is 33.1 Å². The minimum Gasteiger partial charge on any atom is -0.478 e. The van der Waals surface area contributed by atoms with Gasteiger partial charge < -0.3 is 30.8 Å². The molecular weight excluding hydrogens is 627 g/mol. The van der Waals surface area contributed by atoms with Gasteiger partial charge in [0.25, 0.3) is 0 Å². The summed E-state index contributed by atoms with van der Waals surface area (Å²) in [6, 6.07) is 11.8. The number of sulfone groups is 1. The number of rotatable bonds is 9. The molecule has 11 nitrogen and oxygen atoms in total. The number of piperidine rings is 1. The molecule has 5 rings (SSSR count). The van der Waals surface area contributed by atoms with Crippen LogP contribution in [0.1, 0.15) is 60.6 Å². The maximum atomic E-state index is 15.9. The van der Waals surface area contributed by atoms with Crippen molar-refractivity contribution in [2.24, 2.45) is 11.1 Å². The van der Waals surface area contributed by atoms with Crippen molar-refractivity contribution in [3.8, 4) is 0 Å². The van der Waals surface area contributed by atoms with E-state index in [0.717, 1.165) is 12.5 Å². The maximum Gasteiger partial charge on any atom is 0.337 e. The Morgan fingerprint density at radius 2 is 1.74 bits per heavy atom.